The van der Waals surface area contributed by atoms with Gasteiger partial charge in [0.15, 0.2) is 0 Å². The molecule has 1 fully saturated rings. The van der Waals surface area contributed by atoms with Crippen molar-refractivity contribution in [3.8, 4) is 0 Å². The van der Waals surface area contributed by atoms with Crippen molar-refractivity contribution in [3.63, 3.8) is 0 Å². The highest BCUT2D eigenvalue weighted by atomic mass is 32.2. The van der Waals surface area contributed by atoms with Crippen molar-refractivity contribution in [2.45, 2.75) is 43.4 Å². The van der Waals surface area contributed by atoms with E-state index in [9.17, 15) is 8.42 Å². The summed E-state index contributed by atoms with van der Waals surface area (Å²) in [5.74, 6) is 0.934. The van der Waals surface area contributed by atoms with E-state index in [0.29, 0.717) is 17.9 Å². The van der Waals surface area contributed by atoms with Gasteiger partial charge in [-0.1, -0.05) is 55.3 Å². The smallest absolute Gasteiger partial charge is 0.213 e. The molecule has 0 spiro atoms. The molecule has 4 rings (SSSR count). The first-order valence-corrected chi connectivity index (χ1v) is 10.7. The van der Waals surface area contributed by atoms with Crippen LogP contribution >= 0.6 is 0 Å². The van der Waals surface area contributed by atoms with Gasteiger partial charge in [-0.25, -0.2) is 13.6 Å². The van der Waals surface area contributed by atoms with Crippen LogP contribution in [-0.2, 0) is 15.8 Å². The second-order valence-electron chi connectivity index (χ2n) is 7.32. The molecular weight excluding hydrogens is 332 g/mol. The van der Waals surface area contributed by atoms with E-state index in [-0.39, 0.29) is 5.75 Å². The average Bonchev–Trinajstić information content (AvgIpc) is 2.60. The zero-order valence-corrected chi connectivity index (χ0v) is 15.0. The number of fused-ring (bicyclic) bond motifs is 3. The molecular formula is C20H24N2O2S. The Morgan fingerprint density at radius 3 is 2.56 bits per heavy atom. The molecule has 1 heterocycles. The van der Waals surface area contributed by atoms with Gasteiger partial charge in [-0.15, -0.1) is 0 Å². The Hall–Kier alpha value is -1.85. The lowest BCUT2D eigenvalue weighted by atomic mass is 9.68. The zero-order valence-electron chi connectivity index (χ0n) is 14.2. The van der Waals surface area contributed by atoms with Gasteiger partial charge in [0.1, 0.15) is 0 Å². The molecule has 1 aliphatic heterocycles. The van der Waals surface area contributed by atoms with Crippen LogP contribution in [0.25, 0.3) is 0 Å². The van der Waals surface area contributed by atoms with E-state index in [1.807, 2.05) is 12.1 Å². The number of primary sulfonamides is 1. The van der Waals surface area contributed by atoms with Gasteiger partial charge < -0.3 is 5.32 Å². The van der Waals surface area contributed by atoms with Crippen LogP contribution in [0.5, 0.6) is 0 Å². The predicted octanol–water partition coefficient (Wildman–Crippen LogP) is 3.92. The summed E-state index contributed by atoms with van der Waals surface area (Å²) in [6.45, 7) is 0. The van der Waals surface area contributed by atoms with Crippen LogP contribution in [0.2, 0.25) is 0 Å². The maximum Gasteiger partial charge on any atom is 0.213 e. The minimum atomic E-state index is -3.51. The lowest BCUT2D eigenvalue weighted by Gasteiger charge is -2.44. The summed E-state index contributed by atoms with van der Waals surface area (Å²) in [6, 6.07) is 16.9. The van der Waals surface area contributed by atoms with E-state index in [0.717, 1.165) is 11.3 Å². The fourth-order valence-corrected chi connectivity index (χ4v) is 5.23. The molecule has 0 amide bonds. The number of rotatable bonds is 3. The molecule has 0 saturated heterocycles. The standard InChI is InChI=1S/C20H24N2O2S/c21-25(23,24)13-14-10-11-19-18(12-14)16-8-4-5-9-17(16)20(22-19)15-6-2-1-3-7-15/h1-3,6-7,10-12,16-17,20,22H,4-5,8-9,13H2,(H2,21,23,24). The molecule has 3 unspecified atom stereocenters. The molecule has 3 atom stereocenters. The molecule has 25 heavy (non-hydrogen) atoms. The first kappa shape index (κ1) is 16.6. The minimum absolute atomic E-state index is 0.0974. The lowest BCUT2D eigenvalue weighted by molar-refractivity contribution is 0.265. The van der Waals surface area contributed by atoms with E-state index < -0.39 is 10.0 Å². The van der Waals surface area contributed by atoms with Crippen LogP contribution in [0.15, 0.2) is 48.5 Å². The number of benzene rings is 2. The number of hydrogen-bond acceptors (Lipinski definition) is 3. The van der Waals surface area contributed by atoms with Crippen LogP contribution < -0.4 is 10.5 Å². The van der Waals surface area contributed by atoms with Gasteiger partial charge in [-0.3, -0.25) is 0 Å². The molecule has 2 aromatic rings. The van der Waals surface area contributed by atoms with Crippen molar-refractivity contribution in [1.29, 1.82) is 0 Å². The summed E-state index contributed by atoms with van der Waals surface area (Å²) in [5, 5.41) is 8.95. The Balaban J connectivity index is 1.73. The monoisotopic (exact) mass is 356 g/mol. The normalized spacial score (nSPS) is 25.6. The topological polar surface area (TPSA) is 72.2 Å². The SMILES string of the molecule is NS(=O)(=O)Cc1ccc2c(c1)C1CCCCC1C(c1ccccc1)N2. The average molecular weight is 356 g/mol. The molecule has 0 bridgehead atoms. The third-order valence-corrected chi connectivity index (χ3v) is 6.34. The predicted molar refractivity (Wildman–Crippen MR) is 101 cm³/mol. The second kappa shape index (κ2) is 6.46. The molecule has 1 aliphatic carbocycles. The van der Waals surface area contributed by atoms with Crippen molar-refractivity contribution < 1.29 is 8.42 Å². The fourth-order valence-electron chi connectivity index (χ4n) is 4.58. The van der Waals surface area contributed by atoms with E-state index in [1.165, 1.54) is 36.8 Å². The Labute approximate surface area is 149 Å². The van der Waals surface area contributed by atoms with Crippen LogP contribution in [0.4, 0.5) is 5.69 Å². The fraction of sp³-hybridized carbons (Fsp3) is 0.400. The molecule has 0 aromatic heterocycles. The van der Waals surface area contributed by atoms with E-state index in [1.54, 1.807) is 0 Å². The van der Waals surface area contributed by atoms with Crippen LogP contribution in [0.1, 0.15) is 54.3 Å². The number of hydrogen-bond donors (Lipinski definition) is 2. The maximum atomic E-state index is 11.5. The largest absolute Gasteiger partial charge is 0.378 e. The Morgan fingerprint density at radius 2 is 1.80 bits per heavy atom. The summed E-state index contributed by atoms with van der Waals surface area (Å²) in [5.41, 5.74) is 4.51. The van der Waals surface area contributed by atoms with Crippen molar-refractivity contribution in [1.82, 2.24) is 0 Å². The van der Waals surface area contributed by atoms with Crippen LogP contribution in [0.3, 0.4) is 0 Å². The Kier molecular flexibility index (Phi) is 4.29. The third kappa shape index (κ3) is 3.44. The van der Waals surface area contributed by atoms with Gasteiger partial charge in [0.25, 0.3) is 0 Å². The minimum Gasteiger partial charge on any atom is -0.378 e. The molecule has 5 heteroatoms. The molecule has 132 valence electrons. The summed E-state index contributed by atoms with van der Waals surface area (Å²) in [6.07, 6.45) is 4.87. The third-order valence-electron chi connectivity index (χ3n) is 5.60. The molecule has 3 N–H and O–H groups in total. The quantitative estimate of drug-likeness (QED) is 0.875. The van der Waals surface area contributed by atoms with Crippen molar-refractivity contribution in [3.05, 3.63) is 65.2 Å². The number of sulfonamides is 1. The Morgan fingerprint density at radius 1 is 1.04 bits per heavy atom. The van der Waals surface area contributed by atoms with Gasteiger partial charge >= 0.3 is 0 Å². The first-order chi connectivity index (χ1) is 12.0. The summed E-state index contributed by atoms with van der Waals surface area (Å²) >= 11 is 0. The van der Waals surface area contributed by atoms with Crippen molar-refractivity contribution >= 4 is 15.7 Å². The number of nitrogens with one attached hydrogen (secondary N) is 1. The van der Waals surface area contributed by atoms with E-state index in [2.05, 4.69) is 41.7 Å². The van der Waals surface area contributed by atoms with Gasteiger partial charge in [0.2, 0.25) is 10.0 Å². The van der Waals surface area contributed by atoms with Crippen molar-refractivity contribution in [2.75, 3.05) is 5.32 Å². The molecule has 1 saturated carbocycles. The van der Waals surface area contributed by atoms with Gasteiger partial charge in [-0.2, -0.15) is 0 Å². The summed E-state index contributed by atoms with van der Waals surface area (Å²) < 4.78 is 22.9. The number of anilines is 1. The van der Waals surface area contributed by atoms with Gasteiger partial charge in [-0.05, 0) is 47.4 Å². The molecule has 0 radical (unpaired) electrons. The highest BCUT2D eigenvalue weighted by Gasteiger charge is 2.38. The van der Waals surface area contributed by atoms with E-state index >= 15 is 0 Å². The maximum absolute atomic E-state index is 11.5. The highest BCUT2D eigenvalue weighted by molar-refractivity contribution is 7.88. The Bertz CT molecular complexity index is 865. The van der Waals surface area contributed by atoms with E-state index in [4.69, 9.17) is 5.14 Å². The lowest BCUT2D eigenvalue weighted by Crippen LogP contribution is -2.34. The van der Waals surface area contributed by atoms with Crippen LogP contribution in [0, 0.1) is 5.92 Å². The molecule has 4 nitrogen and oxygen atoms in total. The zero-order chi connectivity index (χ0) is 17.4. The molecule has 2 aliphatic rings. The second-order valence-corrected chi connectivity index (χ2v) is 8.93. The van der Waals surface area contributed by atoms with Gasteiger partial charge in [0.05, 0.1) is 11.8 Å². The molecule has 2 aromatic carbocycles. The van der Waals surface area contributed by atoms with Crippen LogP contribution in [-0.4, -0.2) is 8.42 Å². The van der Waals surface area contributed by atoms with Gasteiger partial charge in [0, 0.05) is 5.69 Å². The van der Waals surface area contributed by atoms with Crippen molar-refractivity contribution in [2.24, 2.45) is 11.1 Å². The highest BCUT2D eigenvalue weighted by Crippen LogP contribution is 2.51. The summed E-state index contributed by atoms with van der Waals surface area (Å²) in [4.78, 5) is 0. The first-order valence-electron chi connectivity index (χ1n) is 8.96. The summed E-state index contributed by atoms with van der Waals surface area (Å²) in [7, 11) is -3.51. The number of nitrogens with two attached hydrogens (primary N) is 1.